The van der Waals surface area contributed by atoms with Crippen LogP contribution in [0.15, 0.2) is 163 Å². The fourth-order valence-electron chi connectivity index (χ4n) is 9.69. The summed E-state index contributed by atoms with van der Waals surface area (Å²) in [6, 6.07) is 45.4. The van der Waals surface area contributed by atoms with E-state index in [9.17, 15) is 29.1 Å². The van der Waals surface area contributed by atoms with Crippen molar-refractivity contribution >= 4 is 29.8 Å². The number of benzene rings is 6. The molecule has 74 heavy (non-hydrogen) atoms. The zero-order valence-electron chi connectivity index (χ0n) is 40.1. The average Bonchev–Trinajstić information content (AvgIpc) is 4.08. The lowest BCUT2D eigenvalue weighted by molar-refractivity contribution is -0.123. The first kappa shape index (κ1) is 48.8. The maximum Gasteiger partial charge on any atom is 0.407 e. The van der Waals surface area contributed by atoms with Crippen LogP contribution in [0.3, 0.4) is 0 Å². The van der Waals surface area contributed by atoms with Gasteiger partial charge in [-0.15, -0.1) is 0 Å². The number of nitrogens with zero attached hydrogens (tertiary/aromatic N) is 2. The molecule has 4 amide bonds. The second-order valence-electron chi connectivity index (χ2n) is 18.0. The van der Waals surface area contributed by atoms with Crippen molar-refractivity contribution in [1.82, 2.24) is 25.5 Å². The number of aliphatic hydroxyl groups excluding tert-OH is 1. The quantitative estimate of drug-likeness (QED) is 0.0608. The number of fused-ring (bicyclic) bond motifs is 6. The van der Waals surface area contributed by atoms with Gasteiger partial charge in [0, 0.05) is 36.6 Å². The lowest BCUT2D eigenvalue weighted by atomic mass is 9.98. The minimum atomic E-state index is -1.27. The van der Waals surface area contributed by atoms with Gasteiger partial charge in [-0.25, -0.2) is 14.4 Å². The molecule has 0 radical (unpaired) electrons. The van der Waals surface area contributed by atoms with Crippen molar-refractivity contribution < 1.29 is 48.0 Å². The van der Waals surface area contributed by atoms with E-state index in [0.29, 0.717) is 17.1 Å². The van der Waals surface area contributed by atoms with E-state index in [-0.39, 0.29) is 62.5 Å². The van der Waals surface area contributed by atoms with Crippen LogP contribution in [0.2, 0.25) is 0 Å². The number of ether oxygens (including phenoxy) is 5. The molecule has 4 atom stereocenters. The molecule has 10 rings (SSSR count). The maximum absolute atomic E-state index is 13.8. The molecule has 5 N–H and O–H groups in total. The maximum atomic E-state index is 13.8. The highest BCUT2D eigenvalue weighted by atomic mass is 16.6. The Hall–Kier alpha value is -8.80. The van der Waals surface area contributed by atoms with Gasteiger partial charge in [0.05, 0.1) is 19.8 Å². The topological polar surface area (TPSA) is 218 Å². The SMILES string of the molecule is COc1ccc(OC[C@H]2O[C@@H](n3ccc(NC(=O)c4ccc(CNC(=O)C(CNC(=O)OCC5c6ccccc6-c6ccccc65)NC(=O)OCC5c6ccccc6-c6ccccc65)cc4)nc3=O)C[C@H]2O)cc1. The number of rotatable bonds is 17. The minimum absolute atomic E-state index is 0.000723. The Morgan fingerprint density at radius 1 is 0.676 bits per heavy atom. The second kappa shape index (κ2) is 21.9. The Balaban J connectivity index is 0.742. The molecule has 17 nitrogen and oxygen atoms in total. The summed E-state index contributed by atoms with van der Waals surface area (Å²) in [6.07, 6.45) is -2.46. The van der Waals surface area contributed by atoms with Crippen LogP contribution in [-0.2, 0) is 25.5 Å². The molecule has 0 spiro atoms. The third-order valence-electron chi connectivity index (χ3n) is 13.5. The zero-order chi connectivity index (χ0) is 51.1. The van der Waals surface area contributed by atoms with Crippen molar-refractivity contribution in [3.05, 3.63) is 202 Å². The van der Waals surface area contributed by atoms with Gasteiger partial charge in [-0.3, -0.25) is 14.2 Å². The zero-order valence-corrected chi connectivity index (χ0v) is 40.1. The molecule has 2 aliphatic carbocycles. The minimum Gasteiger partial charge on any atom is -0.497 e. The largest absolute Gasteiger partial charge is 0.497 e. The lowest BCUT2D eigenvalue weighted by Gasteiger charge is -2.21. The molecule has 376 valence electrons. The second-order valence-corrected chi connectivity index (χ2v) is 18.0. The molecular weight excluding hydrogens is 945 g/mol. The fraction of sp³-hybridized carbons (Fsp3) is 0.228. The van der Waals surface area contributed by atoms with Crippen molar-refractivity contribution in [2.75, 3.05) is 38.8 Å². The van der Waals surface area contributed by atoms with Gasteiger partial charge in [-0.2, -0.15) is 4.98 Å². The summed E-state index contributed by atoms with van der Waals surface area (Å²) in [5.74, 6) is -0.309. The predicted molar refractivity (Wildman–Crippen MR) is 273 cm³/mol. The van der Waals surface area contributed by atoms with E-state index in [0.717, 1.165) is 44.5 Å². The van der Waals surface area contributed by atoms with Crippen molar-refractivity contribution in [2.45, 2.75) is 49.3 Å². The molecule has 2 heterocycles. The first-order valence-electron chi connectivity index (χ1n) is 24.2. The molecule has 1 fully saturated rings. The van der Waals surface area contributed by atoms with E-state index >= 15 is 0 Å². The van der Waals surface area contributed by atoms with E-state index in [1.807, 2.05) is 97.1 Å². The van der Waals surface area contributed by atoms with Gasteiger partial charge in [0.1, 0.15) is 55.5 Å². The number of nitrogens with one attached hydrogen (secondary N) is 4. The molecule has 1 unspecified atom stereocenters. The van der Waals surface area contributed by atoms with E-state index < -0.39 is 54.2 Å². The van der Waals surface area contributed by atoms with Crippen LogP contribution in [0.4, 0.5) is 15.4 Å². The van der Waals surface area contributed by atoms with Gasteiger partial charge in [0.2, 0.25) is 5.91 Å². The highest BCUT2D eigenvalue weighted by molar-refractivity contribution is 6.03. The lowest BCUT2D eigenvalue weighted by Crippen LogP contribution is -2.52. The van der Waals surface area contributed by atoms with Crippen LogP contribution in [0, 0.1) is 0 Å². The number of hydrogen-bond donors (Lipinski definition) is 5. The molecule has 1 aliphatic heterocycles. The third kappa shape index (κ3) is 10.7. The standard InChI is InChI=1S/C57H52N6O11/c1-70-36-22-24-37(25-23-36)71-33-50-49(64)28-52(74-50)63-27-26-51(62-55(63)67)61-53(65)35-20-18-34(19-21-35)29-58-54(66)48(60-57(69)73-32-47-44-16-8-4-12-40(44)41-13-5-9-17-45(41)47)30-59-56(68)72-31-46-42-14-6-2-10-38(42)39-11-3-7-15-43(39)46/h2-27,46-50,52,64H,28-33H2,1H3,(H,58,66)(H,59,68)(H,60,69)(H,61,62,65,67)/t48?,49-,50-,52-/m1/s1. The van der Waals surface area contributed by atoms with Crippen LogP contribution in [0.5, 0.6) is 11.5 Å². The number of carbonyl (C=O) groups is 4. The summed E-state index contributed by atoms with van der Waals surface area (Å²) < 4.78 is 29.6. The van der Waals surface area contributed by atoms with Gasteiger partial charge in [-0.05, 0) is 92.5 Å². The van der Waals surface area contributed by atoms with Crippen molar-refractivity contribution in [1.29, 1.82) is 0 Å². The number of methoxy groups -OCH3 is 1. The number of hydrogen-bond acceptors (Lipinski definition) is 12. The third-order valence-corrected chi connectivity index (χ3v) is 13.5. The molecule has 0 bridgehead atoms. The number of anilines is 1. The smallest absolute Gasteiger partial charge is 0.407 e. The molecule has 3 aliphatic rings. The number of aliphatic hydroxyl groups is 1. The monoisotopic (exact) mass is 996 g/mol. The number of carbonyl (C=O) groups excluding carboxylic acids is 4. The van der Waals surface area contributed by atoms with Gasteiger partial charge in [0.25, 0.3) is 5.91 Å². The van der Waals surface area contributed by atoms with Gasteiger partial charge < -0.3 is 50.1 Å². The Morgan fingerprint density at radius 3 is 1.77 bits per heavy atom. The van der Waals surface area contributed by atoms with Crippen LogP contribution in [-0.4, -0.2) is 90.4 Å². The van der Waals surface area contributed by atoms with Gasteiger partial charge >= 0.3 is 17.9 Å². The summed E-state index contributed by atoms with van der Waals surface area (Å²) >= 11 is 0. The van der Waals surface area contributed by atoms with Crippen molar-refractivity contribution in [3.8, 4) is 33.8 Å². The molecule has 7 aromatic rings. The van der Waals surface area contributed by atoms with Crippen molar-refractivity contribution in [3.63, 3.8) is 0 Å². The molecule has 1 aromatic heterocycles. The molecule has 1 saturated heterocycles. The van der Waals surface area contributed by atoms with Gasteiger partial charge in [-0.1, -0.05) is 109 Å². The van der Waals surface area contributed by atoms with E-state index in [1.165, 1.54) is 16.8 Å². The Bertz CT molecular complexity index is 3160. The Morgan fingerprint density at radius 2 is 1.22 bits per heavy atom. The number of amides is 4. The van der Waals surface area contributed by atoms with E-state index in [2.05, 4.69) is 26.3 Å². The first-order chi connectivity index (χ1) is 36.1. The summed E-state index contributed by atoms with van der Waals surface area (Å²) in [6.45, 7) is -0.202. The molecule has 6 aromatic carbocycles. The van der Waals surface area contributed by atoms with Crippen LogP contribution in [0.25, 0.3) is 22.3 Å². The first-order valence-corrected chi connectivity index (χ1v) is 24.2. The van der Waals surface area contributed by atoms with E-state index in [4.69, 9.17) is 23.7 Å². The summed E-state index contributed by atoms with van der Waals surface area (Å²) in [5.41, 5.74) is 8.61. The summed E-state index contributed by atoms with van der Waals surface area (Å²) in [7, 11) is 1.57. The van der Waals surface area contributed by atoms with Gasteiger partial charge in [0.15, 0.2) is 0 Å². The van der Waals surface area contributed by atoms with Crippen LogP contribution >= 0.6 is 0 Å². The van der Waals surface area contributed by atoms with Crippen LogP contribution in [0.1, 0.15) is 62.7 Å². The number of alkyl carbamates (subject to hydrolysis) is 2. The summed E-state index contributed by atoms with van der Waals surface area (Å²) in [4.78, 5) is 70.9. The summed E-state index contributed by atoms with van der Waals surface area (Å²) in [5, 5.41) is 21.4. The molecule has 17 heteroatoms. The molecular formula is C57H52N6O11. The predicted octanol–water partition coefficient (Wildman–Crippen LogP) is 7.29. The van der Waals surface area contributed by atoms with Crippen molar-refractivity contribution in [2.24, 2.45) is 0 Å². The normalized spacial score (nSPS) is 16.6. The Kier molecular flexibility index (Phi) is 14.4. The van der Waals surface area contributed by atoms with E-state index in [1.54, 1.807) is 55.6 Å². The molecule has 0 saturated carbocycles. The highest BCUT2D eigenvalue weighted by Crippen LogP contribution is 2.46. The van der Waals surface area contributed by atoms with Crippen LogP contribution < -0.4 is 36.4 Å². The Labute approximate surface area is 425 Å². The fourth-order valence-corrected chi connectivity index (χ4v) is 9.69. The highest BCUT2D eigenvalue weighted by Gasteiger charge is 2.37. The number of aromatic nitrogens is 2. The average molecular weight is 997 g/mol.